The van der Waals surface area contributed by atoms with E-state index in [1.165, 1.54) is 11.1 Å². The molecule has 7 nitrogen and oxygen atoms in total. The van der Waals surface area contributed by atoms with Crippen molar-refractivity contribution in [3.05, 3.63) is 87.9 Å². The summed E-state index contributed by atoms with van der Waals surface area (Å²) in [6, 6.07) is 14.7. The molecule has 4 aromatic rings. The number of fused-ring (bicyclic) bond motifs is 2. The minimum atomic E-state index is 0.108. The summed E-state index contributed by atoms with van der Waals surface area (Å²) in [5.74, 6) is 1.65. The lowest BCUT2D eigenvalue weighted by molar-refractivity contribution is -0.137. The Morgan fingerprint density at radius 2 is 1.89 bits per heavy atom. The first-order valence-corrected chi connectivity index (χ1v) is 13.5. The smallest absolute Gasteiger partial charge is 0.226 e. The number of carbonyl (C=O) groups is 1. The maximum absolute atomic E-state index is 13.3. The molecule has 184 valence electrons. The maximum atomic E-state index is 13.3. The van der Waals surface area contributed by atoms with Crippen LogP contribution in [0.25, 0.3) is 5.65 Å². The summed E-state index contributed by atoms with van der Waals surface area (Å²) in [5, 5.41) is 8.01. The zero-order chi connectivity index (χ0) is 24.5. The molecule has 1 unspecified atom stereocenters. The molecule has 6 rings (SSSR count). The van der Waals surface area contributed by atoms with Gasteiger partial charge >= 0.3 is 0 Å². The number of anilines is 1. The van der Waals surface area contributed by atoms with Crippen molar-refractivity contribution in [2.75, 3.05) is 18.4 Å². The fourth-order valence-corrected chi connectivity index (χ4v) is 5.90. The van der Waals surface area contributed by atoms with Gasteiger partial charge in [0.05, 0.1) is 10.7 Å². The number of piperidine rings is 1. The Kier molecular flexibility index (Phi) is 6.44. The van der Waals surface area contributed by atoms with E-state index in [0.29, 0.717) is 18.4 Å². The normalized spacial score (nSPS) is 18.2. The van der Waals surface area contributed by atoms with Gasteiger partial charge in [0.1, 0.15) is 5.82 Å². The molecule has 1 aliphatic carbocycles. The maximum Gasteiger partial charge on any atom is 0.226 e. The lowest BCUT2D eigenvalue weighted by Crippen LogP contribution is -2.42. The lowest BCUT2D eigenvalue weighted by Gasteiger charge is -2.35. The number of likely N-dealkylation sites (tertiary alicyclic amines) is 1. The predicted octanol–water partition coefficient (Wildman–Crippen LogP) is 5.01. The number of nitrogens with one attached hydrogen (secondary N) is 1. The van der Waals surface area contributed by atoms with Gasteiger partial charge in [-0.15, -0.1) is 0 Å². The van der Waals surface area contributed by atoms with Crippen molar-refractivity contribution >= 4 is 33.3 Å². The van der Waals surface area contributed by atoms with E-state index in [4.69, 9.17) is 4.98 Å². The molecular weight excluding hydrogens is 516 g/mol. The highest BCUT2D eigenvalue weighted by Crippen LogP contribution is 2.33. The quantitative estimate of drug-likeness (QED) is 0.382. The minimum absolute atomic E-state index is 0.108. The molecule has 1 aromatic carbocycles. The molecule has 1 amide bonds. The molecule has 0 bridgehead atoms. The third-order valence-electron chi connectivity index (χ3n) is 7.57. The van der Waals surface area contributed by atoms with Crippen LogP contribution in [0.4, 0.5) is 5.82 Å². The number of nitrogens with zero attached hydrogens (tertiary/aromatic N) is 5. The Bertz CT molecular complexity index is 1380. The van der Waals surface area contributed by atoms with Gasteiger partial charge in [0.25, 0.3) is 0 Å². The topological polar surface area (TPSA) is 75.4 Å². The largest absolute Gasteiger partial charge is 0.366 e. The first-order chi connectivity index (χ1) is 17.7. The average molecular weight is 545 g/mol. The monoisotopic (exact) mass is 544 g/mol. The molecule has 4 heterocycles. The van der Waals surface area contributed by atoms with Crippen molar-refractivity contribution in [3.8, 4) is 0 Å². The van der Waals surface area contributed by atoms with Crippen LogP contribution in [0.15, 0.2) is 65.5 Å². The standard InChI is InChI=1S/C28H29BrN6O/c29-24-18-32-35-26(31-17-19-4-3-11-30-16-19)15-25(33-27(24)35)21-9-12-34(13-10-21)28(36)23-8-7-20-5-1-2-6-22(20)14-23/h1-6,11,15-16,18,21,23,31H,7-10,12-14,17H2. The van der Waals surface area contributed by atoms with Gasteiger partial charge in [-0.3, -0.25) is 9.78 Å². The van der Waals surface area contributed by atoms with Crippen LogP contribution in [-0.2, 0) is 24.2 Å². The van der Waals surface area contributed by atoms with Crippen LogP contribution in [0, 0.1) is 5.92 Å². The van der Waals surface area contributed by atoms with Crippen molar-refractivity contribution in [1.29, 1.82) is 0 Å². The van der Waals surface area contributed by atoms with Crippen LogP contribution in [0.2, 0.25) is 0 Å². The van der Waals surface area contributed by atoms with Crippen molar-refractivity contribution in [2.24, 2.45) is 5.92 Å². The van der Waals surface area contributed by atoms with Gasteiger partial charge in [-0.1, -0.05) is 30.3 Å². The fourth-order valence-electron chi connectivity index (χ4n) is 5.55. The summed E-state index contributed by atoms with van der Waals surface area (Å²) >= 11 is 3.60. The number of aryl methyl sites for hydroxylation is 1. The van der Waals surface area contributed by atoms with Crippen molar-refractivity contribution < 1.29 is 4.79 Å². The van der Waals surface area contributed by atoms with Crippen LogP contribution in [0.1, 0.15) is 47.6 Å². The van der Waals surface area contributed by atoms with Gasteiger partial charge in [-0.25, -0.2) is 4.98 Å². The predicted molar refractivity (Wildman–Crippen MR) is 143 cm³/mol. The Labute approximate surface area is 219 Å². The van der Waals surface area contributed by atoms with Crippen LogP contribution in [0.5, 0.6) is 0 Å². The Hall–Kier alpha value is -3.26. The second kappa shape index (κ2) is 10.0. The molecule has 3 aromatic heterocycles. The van der Waals surface area contributed by atoms with Crippen LogP contribution in [0.3, 0.4) is 0 Å². The zero-order valence-electron chi connectivity index (χ0n) is 20.1. The number of benzene rings is 1. The molecule has 0 radical (unpaired) electrons. The van der Waals surface area contributed by atoms with Crippen molar-refractivity contribution in [3.63, 3.8) is 0 Å². The molecule has 1 aliphatic heterocycles. The Balaban J connectivity index is 1.15. The third kappa shape index (κ3) is 4.62. The summed E-state index contributed by atoms with van der Waals surface area (Å²) in [7, 11) is 0. The molecule has 1 N–H and O–H groups in total. The number of halogens is 1. The molecule has 1 saturated heterocycles. The first-order valence-electron chi connectivity index (χ1n) is 12.7. The van der Waals surface area contributed by atoms with Gasteiger partial charge in [-0.2, -0.15) is 9.61 Å². The fraction of sp³-hybridized carbons (Fsp3) is 0.357. The summed E-state index contributed by atoms with van der Waals surface area (Å²) in [4.78, 5) is 24.6. The highest BCUT2D eigenvalue weighted by atomic mass is 79.9. The van der Waals surface area contributed by atoms with Gasteiger partial charge in [0.15, 0.2) is 5.65 Å². The van der Waals surface area contributed by atoms with Crippen molar-refractivity contribution in [2.45, 2.75) is 44.6 Å². The van der Waals surface area contributed by atoms with Gasteiger partial charge in [0, 0.05) is 55.6 Å². The van der Waals surface area contributed by atoms with E-state index in [-0.39, 0.29) is 5.92 Å². The number of carbonyl (C=O) groups excluding carboxylic acids is 1. The lowest BCUT2D eigenvalue weighted by atomic mass is 9.82. The summed E-state index contributed by atoms with van der Waals surface area (Å²) in [6.07, 6.45) is 10.1. The summed E-state index contributed by atoms with van der Waals surface area (Å²) in [5.41, 5.74) is 5.71. The molecule has 36 heavy (non-hydrogen) atoms. The Morgan fingerprint density at radius 3 is 2.69 bits per heavy atom. The van der Waals surface area contributed by atoms with E-state index in [2.05, 4.69) is 72.6 Å². The van der Waals surface area contributed by atoms with Gasteiger partial charge < -0.3 is 10.2 Å². The number of pyridine rings is 1. The molecule has 0 spiro atoms. The van der Waals surface area contributed by atoms with E-state index in [1.54, 1.807) is 12.4 Å². The summed E-state index contributed by atoms with van der Waals surface area (Å²) < 4.78 is 2.71. The Morgan fingerprint density at radius 1 is 1.06 bits per heavy atom. The van der Waals surface area contributed by atoms with Crippen LogP contribution in [-0.4, -0.2) is 43.5 Å². The van der Waals surface area contributed by atoms with Crippen LogP contribution < -0.4 is 5.32 Å². The van der Waals surface area contributed by atoms with E-state index >= 15 is 0 Å². The SMILES string of the molecule is O=C(C1CCc2ccccc2C1)N1CCC(c2cc(NCc3cccnc3)n3ncc(Br)c3n2)CC1. The number of hydrogen-bond donors (Lipinski definition) is 1. The van der Waals surface area contributed by atoms with Crippen LogP contribution >= 0.6 is 15.9 Å². The molecular formula is C28H29BrN6O. The van der Waals surface area contributed by atoms with E-state index in [9.17, 15) is 4.79 Å². The highest BCUT2D eigenvalue weighted by Gasteiger charge is 2.31. The molecule has 1 atom stereocenters. The van der Waals surface area contributed by atoms with Crippen molar-refractivity contribution in [1.82, 2.24) is 24.5 Å². The number of hydrogen-bond acceptors (Lipinski definition) is 5. The van der Waals surface area contributed by atoms with Gasteiger partial charge in [0.2, 0.25) is 5.91 Å². The van der Waals surface area contributed by atoms with E-state index in [1.807, 2.05) is 16.8 Å². The summed E-state index contributed by atoms with van der Waals surface area (Å²) in [6.45, 7) is 2.22. The molecule has 8 heteroatoms. The number of aromatic nitrogens is 4. The first kappa shape index (κ1) is 23.2. The molecule has 1 fully saturated rings. The number of amides is 1. The average Bonchev–Trinajstić information content (AvgIpc) is 3.32. The van der Waals surface area contributed by atoms with E-state index in [0.717, 1.165) is 72.4 Å². The zero-order valence-corrected chi connectivity index (χ0v) is 21.7. The number of rotatable bonds is 5. The highest BCUT2D eigenvalue weighted by molar-refractivity contribution is 9.10. The van der Waals surface area contributed by atoms with E-state index < -0.39 is 0 Å². The minimum Gasteiger partial charge on any atom is -0.366 e. The second-order valence-electron chi connectivity index (χ2n) is 9.82. The third-order valence-corrected chi connectivity index (χ3v) is 8.13. The second-order valence-corrected chi connectivity index (χ2v) is 10.7. The molecule has 0 saturated carbocycles. The van der Waals surface area contributed by atoms with Gasteiger partial charge in [-0.05, 0) is 70.8 Å². The molecule has 2 aliphatic rings.